The highest BCUT2D eigenvalue weighted by atomic mass is 16.2. The molecule has 1 aromatic rings. The lowest BCUT2D eigenvalue weighted by molar-refractivity contribution is 0.249. The molecule has 6 heteroatoms. The highest BCUT2D eigenvalue weighted by molar-refractivity contribution is 5.89. The second-order valence-electron chi connectivity index (χ2n) is 7.09. The number of pyridine rings is 1. The van der Waals surface area contributed by atoms with Crippen LogP contribution in [0, 0.1) is 0 Å². The van der Waals surface area contributed by atoms with Gasteiger partial charge < -0.3 is 20.4 Å². The predicted octanol–water partition coefficient (Wildman–Crippen LogP) is 3.07. The summed E-state index contributed by atoms with van der Waals surface area (Å²) in [5.41, 5.74) is 0.743. The lowest BCUT2D eigenvalue weighted by Gasteiger charge is -2.19. The van der Waals surface area contributed by atoms with E-state index in [1.54, 1.807) is 6.20 Å². The summed E-state index contributed by atoms with van der Waals surface area (Å²) in [6.07, 6.45) is 10.6. The Bertz CT molecular complexity index is 519. The second-order valence-corrected chi connectivity index (χ2v) is 7.09. The Morgan fingerprint density at radius 1 is 1.00 bits per heavy atom. The van der Waals surface area contributed by atoms with Crippen molar-refractivity contribution < 1.29 is 4.79 Å². The molecule has 0 aliphatic carbocycles. The van der Waals surface area contributed by atoms with Crippen molar-refractivity contribution in [1.29, 1.82) is 0 Å². The molecule has 0 spiro atoms. The summed E-state index contributed by atoms with van der Waals surface area (Å²) in [4.78, 5) is 21.2. The zero-order chi connectivity index (χ0) is 17.3. The fraction of sp³-hybridized carbons (Fsp3) is 0.684. The first-order chi connectivity index (χ1) is 12.3. The van der Waals surface area contributed by atoms with Crippen LogP contribution in [0.1, 0.15) is 44.9 Å². The third-order valence-electron chi connectivity index (χ3n) is 5.07. The summed E-state index contributed by atoms with van der Waals surface area (Å²) in [7, 11) is 0. The molecule has 0 saturated carbocycles. The smallest absolute Gasteiger partial charge is 0.319 e. The zero-order valence-corrected chi connectivity index (χ0v) is 15.2. The number of likely N-dealkylation sites (tertiary alicyclic amines) is 1. The molecule has 2 aliphatic rings. The largest absolute Gasteiger partial charge is 0.357 e. The van der Waals surface area contributed by atoms with E-state index in [4.69, 9.17) is 0 Å². The van der Waals surface area contributed by atoms with Crippen LogP contribution in [0.2, 0.25) is 0 Å². The minimum Gasteiger partial charge on any atom is -0.357 e. The fourth-order valence-electron chi connectivity index (χ4n) is 3.63. The number of nitrogens with one attached hydrogen (secondary N) is 2. The Kier molecular flexibility index (Phi) is 6.91. The number of carbonyl (C=O) groups excluding carboxylic acids is 1. The highest BCUT2D eigenvalue weighted by Crippen LogP contribution is 2.18. The van der Waals surface area contributed by atoms with Crippen molar-refractivity contribution in [2.75, 3.05) is 49.5 Å². The second kappa shape index (κ2) is 9.61. The van der Waals surface area contributed by atoms with Gasteiger partial charge in [-0.1, -0.05) is 12.8 Å². The monoisotopic (exact) mass is 345 g/mol. The van der Waals surface area contributed by atoms with E-state index in [1.807, 2.05) is 12.1 Å². The molecule has 2 aliphatic heterocycles. The van der Waals surface area contributed by atoms with Gasteiger partial charge in [-0.15, -0.1) is 0 Å². The number of aromatic nitrogens is 1. The predicted molar refractivity (Wildman–Crippen MR) is 102 cm³/mol. The third kappa shape index (κ3) is 5.88. The minimum atomic E-state index is -0.147. The molecule has 0 radical (unpaired) electrons. The first-order valence-corrected chi connectivity index (χ1v) is 9.79. The van der Waals surface area contributed by atoms with Gasteiger partial charge in [0, 0.05) is 19.6 Å². The molecule has 2 amide bonds. The molecular formula is C19H31N5O. The number of amides is 2. The SMILES string of the molecule is O=C(NCCCN1CCCCCC1)Nc1ccc(N2CCCC2)nc1. The number of anilines is 2. The quantitative estimate of drug-likeness (QED) is 0.778. The Balaban J connectivity index is 1.33. The number of carbonyl (C=O) groups is 1. The number of nitrogens with zero attached hydrogens (tertiary/aromatic N) is 3. The molecule has 0 atom stereocenters. The highest BCUT2D eigenvalue weighted by Gasteiger charge is 2.13. The Morgan fingerprint density at radius 3 is 2.40 bits per heavy atom. The van der Waals surface area contributed by atoms with Gasteiger partial charge in [0.05, 0.1) is 11.9 Å². The number of hydrogen-bond acceptors (Lipinski definition) is 4. The average Bonchev–Trinajstić information content (AvgIpc) is 3.04. The summed E-state index contributed by atoms with van der Waals surface area (Å²) in [6.45, 7) is 6.37. The van der Waals surface area contributed by atoms with Crippen LogP contribution in [0.3, 0.4) is 0 Å². The van der Waals surface area contributed by atoms with E-state index in [9.17, 15) is 4.79 Å². The molecule has 138 valence electrons. The first-order valence-electron chi connectivity index (χ1n) is 9.79. The molecule has 0 unspecified atom stereocenters. The molecule has 2 fully saturated rings. The lowest BCUT2D eigenvalue weighted by Crippen LogP contribution is -2.33. The van der Waals surface area contributed by atoms with E-state index in [-0.39, 0.29) is 6.03 Å². The maximum absolute atomic E-state index is 12.0. The Hall–Kier alpha value is -1.82. The van der Waals surface area contributed by atoms with Gasteiger partial charge in [-0.3, -0.25) is 0 Å². The van der Waals surface area contributed by atoms with Gasteiger partial charge in [0.25, 0.3) is 0 Å². The maximum atomic E-state index is 12.0. The van der Waals surface area contributed by atoms with E-state index in [0.29, 0.717) is 6.54 Å². The van der Waals surface area contributed by atoms with Crippen LogP contribution in [0.5, 0.6) is 0 Å². The molecule has 2 N–H and O–H groups in total. The molecule has 0 bridgehead atoms. The first kappa shape index (κ1) is 18.0. The van der Waals surface area contributed by atoms with E-state index in [2.05, 4.69) is 25.4 Å². The van der Waals surface area contributed by atoms with Crippen molar-refractivity contribution >= 4 is 17.5 Å². The molecule has 2 saturated heterocycles. The average molecular weight is 345 g/mol. The van der Waals surface area contributed by atoms with Crippen molar-refractivity contribution in [2.24, 2.45) is 0 Å². The summed E-state index contributed by atoms with van der Waals surface area (Å²) in [5, 5.41) is 5.80. The molecule has 25 heavy (non-hydrogen) atoms. The fourth-order valence-corrected chi connectivity index (χ4v) is 3.63. The topological polar surface area (TPSA) is 60.5 Å². The minimum absolute atomic E-state index is 0.147. The lowest BCUT2D eigenvalue weighted by atomic mass is 10.2. The summed E-state index contributed by atoms with van der Waals surface area (Å²) < 4.78 is 0. The Morgan fingerprint density at radius 2 is 1.72 bits per heavy atom. The standard InChI is InChI=1S/C19H31N5O/c25-19(20-10-7-13-23-11-3-1-2-4-12-23)22-17-8-9-18(21-16-17)24-14-5-6-15-24/h8-9,16H,1-7,10-15H2,(H2,20,22,25). The molecule has 3 rings (SSSR count). The van der Waals surface area contributed by atoms with Gasteiger partial charge in [0.15, 0.2) is 0 Å². The molecule has 6 nitrogen and oxygen atoms in total. The van der Waals surface area contributed by atoms with Gasteiger partial charge in [0.1, 0.15) is 5.82 Å². The van der Waals surface area contributed by atoms with Crippen LogP contribution in [0.25, 0.3) is 0 Å². The number of rotatable bonds is 6. The van der Waals surface area contributed by atoms with Crippen LogP contribution >= 0.6 is 0 Å². The number of hydrogen-bond donors (Lipinski definition) is 2. The van der Waals surface area contributed by atoms with Gasteiger partial charge in [0.2, 0.25) is 0 Å². The van der Waals surface area contributed by atoms with Crippen LogP contribution < -0.4 is 15.5 Å². The zero-order valence-electron chi connectivity index (χ0n) is 15.2. The van der Waals surface area contributed by atoms with Crippen molar-refractivity contribution in [2.45, 2.75) is 44.9 Å². The summed E-state index contributed by atoms with van der Waals surface area (Å²) >= 11 is 0. The van der Waals surface area contributed by atoms with Crippen LogP contribution in [-0.2, 0) is 0 Å². The van der Waals surface area contributed by atoms with Crippen molar-refractivity contribution in [3.8, 4) is 0 Å². The van der Waals surface area contributed by atoms with Gasteiger partial charge in [-0.05, 0) is 63.9 Å². The normalized spacial score (nSPS) is 18.8. The van der Waals surface area contributed by atoms with E-state index >= 15 is 0 Å². The van der Waals surface area contributed by atoms with Crippen molar-refractivity contribution in [3.63, 3.8) is 0 Å². The molecule has 1 aromatic heterocycles. The van der Waals surface area contributed by atoms with Crippen LogP contribution in [0.4, 0.5) is 16.3 Å². The maximum Gasteiger partial charge on any atom is 0.319 e. The molecule has 3 heterocycles. The van der Waals surface area contributed by atoms with Gasteiger partial charge >= 0.3 is 6.03 Å². The van der Waals surface area contributed by atoms with Gasteiger partial charge in [-0.25, -0.2) is 9.78 Å². The van der Waals surface area contributed by atoms with Crippen molar-refractivity contribution in [3.05, 3.63) is 18.3 Å². The summed E-state index contributed by atoms with van der Waals surface area (Å²) in [6, 6.07) is 3.77. The van der Waals surface area contributed by atoms with Crippen molar-refractivity contribution in [1.82, 2.24) is 15.2 Å². The van der Waals surface area contributed by atoms with E-state index in [0.717, 1.165) is 37.6 Å². The van der Waals surface area contributed by atoms with Crippen LogP contribution in [-0.4, -0.2) is 55.2 Å². The Labute approximate surface area is 151 Å². The van der Waals surface area contributed by atoms with E-state index < -0.39 is 0 Å². The van der Waals surface area contributed by atoms with E-state index in [1.165, 1.54) is 51.6 Å². The summed E-state index contributed by atoms with van der Waals surface area (Å²) in [5.74, 6) is 1.00. The molecular weight excluding hydrogens is 314 g/mol. The number of urea groups is 1. The van der Waals surface area contributed by atoms with Crippen LogP contribution in [0.15, 0.2) is 18.3 Å². The molecule has 0 aromatic carbocycles. The third-order valence-corrected chi connectivity index (χ3v) is 5.07. The van der Waals surface area contributed by atoms with Gasteiger partial charge in [-0.2, -0.15) is 0 Å².